The lowest BCUT2D eigenvalue weighted by atomic mass is 10.2. The predicted octanol–water partition coefficient (Wildman–Crippen LogP) is 3.32. The minimum absolute atomic E-state index is 0.0643. The fourth-order valence-corrected chi connectivity index (χ4v) is 2.58. The van der Waals surface area contributed by atoms with Crippen LogP contribution in [-0.4, -0.2) is 4.98 Å². The summed E-state index contributed by atoms with van der Waals surface area (Å²) in [6, 6.07) is 17.2. The zero-order valence-electron chi connectivity index (χ0n) is 8.96. The van der Waals surface area contributed by atoms with Gasteiger partial charge in [-0.3, -0.25) is 4.79 Å². The smallest absolute Gasteiger partial charge is 0.243 e. The largest absolute Gasteiger partial charge is 0.277 e. The van der Waals surface area contributed by atoms with Crippen LogP contribution in [0.1, 0.15) is 0 Å². The summed E-state index contributed by atoms with van der Waals surface area (Å²) in [6.45, 7) is 0. The molecule has 2 aromatic carbocycles. The van der Waals surface area contributed by atoms with Crippen LogP contribution in [0.4, 0.5) is 0 Å². The zero-order chi connectivity index (χ0) is 11.7. The van der Waals surface area contributed by atoms with Crippen molar-refractivity contribution in [2.75, 3.05) is 0 Å². The molecule has 17 heavy (non-hydrogen) atoms. The van der Waals surface area contributed by atoms with Gasteiger partial charge < -0.3 is 0 Å². The van der Waals surface area contributed by atoms with Gasteiger partial charge in [0.2, 0.25) is 4.74 Å². The molecule has 0 aliphatic rings. The van der Waals surface area contributed by atoms with Gasteiger partial charge in [0.25, 0.3) is 0 Å². The van der Waals surface area contributed by atoms with Gasteiger partial charge in [0, 0.05) is 5.56 Å². The van der Waals surface area contributed by atoms with Crippen LogP contribution >= 0.6 is 11.3 Å². The van der Waals surface area contributed by atoms with E-state index < -0.39 is 0 Å². The normalized spacial score (nSPS) is 10.6. The highest BCUT2D eigenvalue weighted by Crippen LogP contribution is 2.21. The van der Waals surface area contributed by atoms with Gasteiger partial charge in [-0.25, -0.2) is 4.98 Å². The highest BCUT2D eigenvalue weighted by molar-refractivity contribution is 7.13. The lowest BCUT2D eigenvalue weighted by molar-refractivity contribution is 1.45. The van der Waals surface area contributed by atoms with E-state index >= 15 is 0 Å². The summed E-state index contributed by atoms with van der Waals surface area (Å²) in [5.74, 6) is 0. The fourth-order valence-electron chi connectivity index (χ4n) is 1.72. The molecule has 0 fully saturated rings. The van der Waals surface area contributed by atoms with E-state index in [-0.39, 0.29) is 4.74 Å². The Morgan fingerprint density at radius 2 is 1.59 bits per heavy atom. The molecular formula is C14H9NOS. The van der Waals surface area contributed by atoms with E-state index in [1.54, 1.807) is 0 Å². The molecule has 1 aromatic heterocycles. The summed E-state index contributed by atoms with van der Waals surface area (Å²) in [7, 11) is 0. The summed E-state index contributed by atoms with van der Waals surface area (Å²) in [4.78, 5) is 16.5. The molecule has 0 radical (unpaired) electrons. The summed E-state index contributed by atoms with van der Waals surface area (Å²) in [6.07, 6.45) is 0. The quantitative estimate of drug-likeness (QED) is 0.652. The first-order chi connectivity index (χ1) is 8.34. The average Bonchev–Trinajstić information content (AvgIpc) is 2.40. The molecule has 3 heteroatoms. The Bertz CT molecular complexity index is 719. The van der Waals surface area contributed by atoms with Crippen molar-refractivity contribution >= 4 is 22.2 Å². The first-order valence-electron chi connectivity index (χ1n) is 5.30. The van der Waals surface area contributed by atoms with Crippen LogP contribution in [0.25, 0.3) is 21.5 Å². The maximum Gasteiger partial charge on any atom is 0.243 e. The van der Waals surface area contributed by atoms with Gasteiger partial charge in [-0.15, -0.1) is 0 Å². The van der Waals surface area contributed by atoms with Crippen molar-refractivity contribution in [1.82, 2.24) is 4.98 Å². The summed E-state index contributed by atoms with van der Waals surface area (Å²) in [5.41, 5.74) is 1.75. The van der Waals surface area contributed by atoms with Crippen molar-refractivity contribution in [1.29, 1.82) is 0 Å². The first kappa shape index (κ1) is 10.2. The van der Waals surface area contributed by atoms with Crippen LogP contribution in [0.5, 0.6) is 0 Å². The third kappa shape index (κ3) is 1.85. The Kier molecular flexibility index (Phi) is 2.46. The van der Waals surface area contributed by atoms with Gasteiger partial charge in [0.15, 0.2) is 0 Å². The van der Waals surface area contributed by atoms with Crippen LogP contribution in [-0.2, 0) is 0 Å². The molecule has 3 rings (SSSR count). The summed E-state index contributed by atoms with van der Waals surface area (Å²) >= 11 is 1.19. The van der Waals surface area contributed by atoms with E-state index in [0.717, 1.165) is 16.1 Å². The first-order valence-corrected chi connectivity index (χ1v) is 6.11. The molecule has 0 aliphatic carbocycles. The van der Waals surface area contributed by atoms with Gasteiger partial charge in [-0.2, -0.15) is 0 Å². The molecule has 0 N–H and O–H groups in total. The second kappa shape index (κ2) is 4.11. The van der Waals surface area contributed by atoms with E-state index in [4.69, 9.17) is 0 Å². The molecule has 1 heterocycles. The SMILES string of the molecule is O=c1sc(-c2ccccc2)nc2ccccc12. The minimum Gasteiger partial charge on any atom is -0.277 e. The van der Waals surface area contributed by atoms with Crippen LogP contribution in [0.3, 0.4) is 0 Å². The van der Waals surface area contributed by atoms with Crippen molar-refractivity contribution in [3.05, 3.63) is 64.1 Å². The molecule has 2 nitrogen and oxygen atoms in total. The molecule has 82 valence electrons. The van der Waals surface area contributed by atoms with Gasteiger partial charge >= 0.3 is 0 Å². The summed E-state index contributed by atoms with van der Waals surface area (Å²) < 4.78 is 0.0643. The Balaban J connectivity index is 2.30. The molecule has 0 bridgehead atoms. The highest BCUT2D eigenvalue weighted by Gasteiger charge is 2.05. The van der Waals surface area contributed by atoms with E-state index in [0.29, 0.717) is 5.39 Å². The molecule has 0 aliphatic heterocycles. The molecule has 0 atom stereocenters. The van der Waals surface area contributed by atoms with Crippen molar-refractivity contribution in [3.8, 4) is 10.6 Å². The topological polar surface area (TPSA) is 30.0 Å². The van der Waals surface area contributed by atoms with Crippen molar-refractivity contribution in [2.45, 2.75) is 0 Å². The number of fused-ring (bicyclic) bond motifs is 1. The second-order valence-corrected chi connectivity index (χ2v) is 4.65. The Morgan fingerprint density at radius 3 is 2.41 bits per heavy atom. The van der Waals surface area contributed by atoms with E-state index in [9.17, 15) is 4.79 Å². The zero-order valence-corrected chi connectivity index (χ0v) is 9.78. The number of rotatable bonds is 1. The highest BCUT2D eigenvalue weighted by atomic mass is 32.1. The van der Waals surface area contributed by atoms with Gasteiger partial charge in [0.05, 0.1) is 10.9 Å². The second-order valence-electron chi connectivity index (χ2n) is 3.69. The number of benzene rings is 2. The lowest BCUT2D eigenvalue weighted by Crippen LogP contribution is -1.98. The molecule has 0 saturated heterocycles. The Hall–Kier alpha value is -2.00. The maximum absolute atomic E-state index is 12.0. The van der Waals surface area contributed by atoms with Crippen LogP contribution in [0, 0.1) is 0 Å². The van der Waals surface area contributed by atoms with Gasteiger partial charge in [-0.1, -0.05) is 53.8 Å². The maximum atomic E-state index is 12.0. The lowest BCUT2D eigenvalue weighted by Gasteiger charge is -2.00. The fraction of sp³-hybridized carbons (Fsp3) is 0. The van der Waals surface area contributed by atoms with Crippen LogP contribution < -0.4 is 4.74 Å². The third-order valence-electron chi connectivity index (χ3n) is 2.56. The van der Waals surface area contributed by atoms with Crippen molar-refractivity contribution < 1.29 is 0 Å². The predicted molar refractivity (Wildman–Crippen MR) is 71.3 cm³/mol. The average molecular weight is 239 g/mol. The molecule has 3 aromatic rings. The van der Waals surface area contributed by atoms with Gasteiger partial charge in [-0.05, 0) is 12.1 Å². The molecular weight excluding hydrogens is 230 g/mol. The van der Waals surface area contributed by atoms with Crippen LogP contribution in [0.15, 0.2) is 59.4 Å². The van der Waals surface area contributed by atoms with Crippen molar-refractivity contribution in [3.63, 3.8) is 0 Å². The molecule has 0 saturated carbocycles. The van der Waals surface area contributed by atoms with Gasteiger partial charge in [0.1, 0.15) is 5.01 Å². The van der Waals surface area contributed by atoms with E-state index in [1.165, 1.54) is 11.3 Å². The minimum atomic E-state index is 0.0643. The van der Waals surface area contributed by atoms with E-state index in [2.05, 4.69) is 4.98 Å². The van der Waals surface area contributed by atoms with Crippen molar-refractivity contribution in [2.24, 2.45) is 0 Å². The number of hydrogen-bond donors (Lipinski definition) is 0. The summed E-state index contributed by atoms with van der Waals surface area (Å²) in [5, 5.41) is 1.46. The molecule has 0 amide bonds. The third-order valence-corrected chi connectivity index (χ3v) is 3.48. The molecule has 0 unspecified atom stereocenters. The number of para-hydroxylation sites is 1. The van der Waals surface area contributed by atoms with E-state index in [1.807, 2.05) is 54.6 Å². The molecule has 0 spiro atoms. The standard InChI is InChI=1S/C14H9NOS/c16-14-11-8-4-5-9-12(11)15-13(17-14)10-6-2-1-3-7-10/h1-9H. The van der Waals surface area contributed by atoms with Crippen LogP contribution in [0.2, 0.25) is 0 Å². The number of aromatic nitrogens is 1. The monoisotopic (exact) mass is 239 g/mol. The Labute approximate surface area is 102 Å². The Morgan fingerprint density at radius 1 is 0.882 bits per heavy atom. The number of nitrogens with zero attached hydrogens (tertiary/aromatic N) is 1. The number of hydrogen-bond acceptors (Lipinski definition) is 3.